The number of rotatable bonds is 7. The van der Waals surface area contributed by atoms with Crippen molar-refractivity contribution in [3.63, 3.8) is 0 Å². The van der Waals surface area contributed by atoms with Gasteiger partial charge in [-0.2, -0.15) is 0 Å². The molecule has 1 saturated heterocycles. The van der Waals surface area contributed by atoms with E-state index in [0.29, 0.717) is 28.8 Å². The fourth-order valence-electron chi connectivity index (χ4n) is 3.30. The summed E-state index contributed by atoms with van der Waals surface area (Å²) < 4.78 is 10.8. The predicted molar refractivity (Wildman–Crippen MR) is 100 cm³/mol. The van der Waals surface area contributed by atoms with E-state index >= 15 is 0 Å². The van der Waals surface area contributed by atoms with E-state index in [1.165, 1.54) is 0 Å². The maximum Gasteiger partial charge on any atom is 0.255 e. The molecule has 0 saturated carbocycles. The number of ether oxygens (including phenoxy) is 1. The number of carbonyl (C=O) groups excluding carboxylic acids is 1. The Kier molecular flexibility index (Phi) is 6.06. The Balaban J connectivity index is 1.66. The monoisotopic (exact) mass is 357 g/mol. The van der Waals surface area contributed by atoms with Gasteiger partial charge in [-0.1, -0.05) is 24.2 Å². The molecule has 140 valence electrons. The SMILES string of the molecule is CCN(Cc1cccc(C(=O)Nc2c(C)noc2C)c1)C[C@@H]1CCCO1. The van der Waals surface area contributed by atoms with Gasteiger partial charge < -0.3 is 14.6 Å². The molecule has 1 fully saturated rings. The lowest BCUT2D eigenvalue weighted by molar-refractivity contribution is 0.0724. The molecule has 2 heterocycles. The summed E-state index contributed by atoms with van der Waals surface area (Å²) in [5.41, 5.74) is 3.08. The van der Waals surface area contributed by atoms with E-state index in [9.17, 15) is 4.79 Å². The number of amides is 1. The van der Waals surface area contributed by atoms with Crippen LogP contribution in [0.25, 0.3) is 0 Å². The summed E-state index contributed by atoms with van der Waals surface area (Å²) in [6.07, 6.45) is 2.62. The third kappa shape index (κ3) is 4.51. The molecule has 0 aliphatic carbocycles. The second-order valence-electron chi connectivity index (χ2n) is 6.82. The Bertz CT molecular complexity index is 731. The first-order valence-electron chi connectivity index (χ1n) is 9.24. The molecular weight excluding hydrogens is 330 g/mol. The summed E-state index contributed by atoms with van der Waals surface area (Å²) in [4.78, 5) is 15.0. The second-order valence-corrected chi connectivity index (χ2v) is 6.82. The molecule has 26 heavy (non-hydrogen) atoms. The molecular formula is C20H27N3O3. The van der Waals surface area contributed by atoms with Crippen LogP contribution in [-0.4, -0.2) is 41.8 Å². The highest BCUT2D eigenvalue weighted by Crippen LogP contribution is 2.20. The number of likely N-dealkylation sites (N-methyl/N-ethyl adjacent to an activating group) is 1. The number of benzene rings is 1. The maximum atomic E-state index is 12.6. The van der Waals surface area contributed by atoms with Crippen molar-refractivity contribution in [3.8, 4) is 0 Å². The molecule has 3 rings (SSSR count). The van der Waals surface area contributed by atoms with Crippen molar-refractivity contribution in [2.45, 2.75) is 46.3 Å². The minimum atomic E-state index is -0.150. The minimum Gasteiger partial charge on any atom is -0.377 e. The molecule has 1 aliphatic rings. The van der Waals surface area contributed by atoms with Crippen LogP contribution >= 0.6 is 0 Å². The highest BCUT2D eigenvalue weighted by molar-refractivity contribution is 6.04. The average Bonchev–Trinajstić information content (AvgIpc) is 3.26. The third-order valence-electron chi connectivity index (χ3n) is 4.80. The molecule has 6 heteroatoms. The maximum absolute atomic E-state index is 12.6. The van der Waals surface area contributed by atoms with Gasteiger partial charge in [-0.15, -0.1) is 0 Å². The van der Waals surface area contributed by atoms with Crippen LogP contribution in [0, 0.1) is 13.8 Å². The van der Waals surface area contributed by atoms with E-state index in [1.807, 2.05) is 25.1 Å². The Morgan fingerprint density at radius 3 is 2.88 bits per heavy atom. The van der Waals surface area contributed by atoms with Crippen LogP contribution < -0.4 is 5.32 Å². The van der Waals surface area contributed by atoms with E-state index in [1.54, 1.807) is 6.92 Å². The quantitative estimate of drug-likeness (QED) is 0.821. The predicted octanol–water partition coefficient (Wildman–Crippen LogP) is 3.54. The van der Waals surface area contributed by atoms with Crippen molar-refractivity contribution >= 4 is 11.6 Å². The van der Waals surface area contributed by atoms with E-state index in [-0.39, 0.29) is 5.91 Å². The first kappa shape index (κ1) is 18.6. The number of aryl methyl sites for hydroxylation is 2. The van der Waals surface area contributed by atoms with E-state index < -0.39 is 0 Å². The zero-order valence-corrected chi connectivity index (χ0v) is 15.7. The number of carbonyl (C=O) groups is 1. The Morgan fingerprint density at radius 1 is 1.38 bits per heavy atom. The van der Waals surface area contributed by atoms with E-state index in [0.717, 1.165) is 44.6 Å². The lowest BCUT2D eigenvalue weighted by Gasteiger charge is -2.23. The van der Waals surface area contributed by atoms with Crippen molar-refractivity contribution in [2.75, 3.05) is 25.0 Å². The molecule has 6 nitrogen and oxygen atoms in total. The molecule has 2 aromatic rings. The largest absolute Gasteiger partial charge is 0.377 e. The van der Waals surface area contributed by atoms with Crippen LogP contribution in [-0.2, 0) is 11.3 Å². The molecule has 0 bridgehead atoms. The molecule has 1 atom stereocenters. The fourth-order valence-corrected chi connectivity index (χ4v) is 3.30. The highest BCUT2D eigenvalue weighted by Gasteiger charge is 2.19. The summed E-state index contributed by atoms with van der Waals surface area (Å²) >= 11 is 0. The number of anilines is 1. The zero-order chi connectivity index (χ0) is 18.5. The minimum absolute atomic E-state index is 0.150. The second kappa shape index (κ2) is 8.47. The summed E-state index contributed by atoms with van der Waals surface area (Å²) in [5.74, 6) is 0.462. The van der Waals surface area contributed by atoms with Gasteiger partial charge in [0.25, 0.3) is 5.91 Å². The number of hydrogen-bond donors (Lipinski definition) is 1. The Labute approximate surface area is 154 Å². The number of nitrogens with zero attached hydrogens (tertiary/aromatic N) is 2. The summed E-state index contributed by atoms with van der Waals surface area (Å²) in [6.45, 7) is 9.33. The number of aromatic nitrogens is 1. The van der Waals surface area contributed by atoms with Crippen molar-refractivity contribution in [1.29, 1.82) is 0 Å². The molecule has 1 amide bonds. The standard InChI is InChI=1S/C20H27N3O3/c1-4-23(13-18-9-6-10-25-18)12-16-7-5-8-17(11-16)20(24)21-19-14(2)22-26-15(19)3/h5,7-8,11,18H,4,6,9-10,12-13H2,1-3H3,(H,21,24)/t18-/m0/s1. The summed E-state index contributed by atoms with van der Waals surface area (Å²) in [5, 5.41) is 6.77. The first-order chi connectivity index (χ1) is 12.6. The molecule has 1 aromatic carbocycles. The molecule has 0 radical (unpaired) electrons. The van der Waals surface area contributed by atoms with Crippen molar-refractivity contribution < 1.29 is 14.1 Å². The van der Waals surface area contributed by atoms with Gasteiger partial charge in [0.15, 0.2) is 5.76 Å². The van der Waals surface area contributed by atoms with Crippen LogP contribution in [0.1, 0.15) is 47.1 Å². The van der Waals surface area contributed by atoms with Crippen LogP contribution in [0.4, 0.5) is 5.69 Å². The van der Waals surface area contributed by atoms with Gasteiger partial charge in [-0.3, -0.25) is 9.69 Å². The van der Waals surface area contributed by atoms with Gasteiger partial charge in [0.05, 0.1) is 6.10 Å². The lowest BCUT2D eigenvalue weighted by atomic mass is 10.1. The normalized spacial score (nSPS) is 17.0. The average molecular weight is 357 g/mol. The van der Waals surface area contributed by atoms with Gasteiger partial charge in [0.2, 0.25) is 0 Å². The van der Waals surface area contributed by atoms with Crippen LogP contribution in [0.2, 0.25) is 0 Å². The van der Waals surface area contributed by atoms with E-state index in [4.69, 9.17) is 9.26 Å². The van der Waals surface area contributed by atoms with Crippen LogP contribution in [0.3, 0.4) is 0 Å². The molecule has 1 aromatic heterocycles. The molecule has 1 N–H and O–H groups in total. The van der Waals surface area contributed by atoms with E-state index in [2.05, 4.69) is 28.4 Å². The topological polar surface area (TPSA) is 67.6 Å². The fraction of sp³-hybridized carbons (Fsp3) is 0.500. The lowest BCUT2D eigenvalue weighted by Crippen LogP contribution is -2.31. The Hall–Kier alpha value is -2.18. The highest BCUT2D eigenvalue weighted by atomic mass is 16.5. The first-order valence-corrected chi connectivity index (χ1v) is 9.24. The number of nitrogens with one attached hydrogen (secondary N) is 1. The van der Waals surface area contributed by atoms with Gasteiger partial charge in [-0.05, 0) is 50.9 Å². The number of hydrogen-bond acceptors (Lipinski definition) is 5. The van der Waals surface area contributed by atoms with Crippen molar-refractivity contribution in [1.82, 2.24) is 10.1 Å². The van der Waals surface area contributed by atoms with Crippen LogP contribution in [0.5, 0.6) is 0 Å². The summed E-state index contributed by atoms with van der Waals surface area (Å²) in [7, 11) is 0. The van der Waals surface area contributed by atoms with Gasteiger partial charge in [-0.25, -0.2) is 0 Å². The van der Waals surface area contributed by atoms with Gasteiger partial charge in [0.1, 0.15) is 11.4 Å². The van der Waals surface area contributed by atoms with Gasteiger partial charge >= 0.3 is 0 Å². The molecule has 0 spiro atoms. The van der Waals surface area contributed by atoms with Gasteiger partial charge in [0, 0.05) is 25.3 Å². The molecule has 1 aliphatic heterocycles. The zero-order valence-electron chi connectivity index (χ0n) is 15.7. The Morgan fingerprint density at radius 2 is 2.23 bits per heavy atom. The summed E-state index contributed by atoms with van der Waals surface area (Å²) in [6, 6.07) is 7.77. The van der Waals surface area contributed by atoms with Crippen molar-refractivity contribution in [2.24, 2.45) is 0 Å². The van der Waals surface area contributed by atoms with Crippen LogP contribution in [0.15, 0.2) is 28.8 Å². The third-order valence-corrected chi connectivity index (χ3v) is 4.80. The molecule has 0 unspecified atom stereocenters. The smallest absolute Gasteiger partial charge is 0.255 e. The van der Waals surface area contributed by atoms with Crippen molar-refractivity contribution in [3.05, 3.63) is 46.8 Å².